The van der Waals surface area contributed by atoms with Crippen molar-refractivity contribution < 1.29 is 0 Å². The van der Waals surface area contributed by atoms with Crippen LogP contribution in [0.15, 0.2) is 58.8 Å². The molecule has 92 valence electrons. The third-order valence-corrected chi connectivity index (χ3v) is 1.88. The molecule has 0 saturated carbocycles. The molecule has 0 unspecified atom stereocenters. The maximum atomic E-state index is 4.25. The van der Waals surface area contributed by atoms with Crippen molar-refractivity contribution in [2.75, 3.05) is 13.7 Å². The van der Waals surface area contributed by atoms with Crippen molar-refractivity contribution in [2.24, 2.45) is 9.98 Å². The smallest absolute Gasteiger partial charge is 0.0923 e. The maximum absolute atomic E-state index is 4.25. The van der Waals surface area contributed by atoms with Crippen LogP contribution in [-0.4, -0.2) is 26.3 Å². The SMILES string of the molecule is C=CC(C=C)=C(N=CC)C(=C)NCNC=NC. The van der Waals surface area contributed by atoms with E-state index in [0.29, 0.717) is 12.4 Å². The van der Waals surface area contributed by atoms with E-state index in [-0.39, 0.29) is 0 Å². The molecule has 0 aliphatic rings. The van der Waals surface area contributed by atoms with Gasteiger partial charge in [-0.1, -0.05) is 31.9 Å². The van der Waals surface area contributed by atoms with Gasteiger partial charge in [0.15, 0.2) is 0 Å². The van der Waals surface area contributed by atoms with Gasteiger partial charge in [0.2, 0.25) is 0 Å². The fourth-order valence-corrected chi connectivity index (χ4v) is 1.11. The molecule has 0 rings (SSSR count). The zero-order valence-electron chi connectivity index (χ0n) is 10.5. The Morgan fingerprint density at radius 2 is 1.94 bits per heavy atom. The van der Waals surface area contributed by atoms with Crippen molar-refractivity contribution in [2.45, 2.75) is 6.92 Å². The van der Waals surface area contributed by atoms with Crippen molar-refractivity contribution in [1.29, 1.82) is 0 Å². The number of nitrogens with one attached hydrogen (secondary N) is 2. The summed E-state index contributed by atoms with van der Waals surface area (Å²) < 4.78 is 0. The van der Waals surface area contributed by atoms with Gasteiger partial charge < -0.3 is 10.6 Å². The van der Waals surface area contributed by atoms with E-state index in [1.165, 1.54) is 0 Å². The first kappa shape index (κ1) is 14.9. The van der Waals surface area contributed by atoms with Gasteiger partial charge in [0, 0.05) is 18.8 Å². The van der Waals surface area contributed by atoms with E-state index in [0.717, 1.165) is 11.3 Å². The zero-order valence-corrected chi connectivity index (χ0v) is 10.5. The van der Waals surface area contributed by atoms with Crippen LogP contribution >= 0.6 is 0 Å². The molecular weight excluding hydrogens is 212 g/mol. The lowest BCUT2D eigenvalue weighted by molar-refractivity contribution is 0.772. The lowest BCUT2D eigenvalue weighted by Gasteiger charge is -2.11. The van der Waals surface area contributed by atoms with Crippen LogP contribution in [0.25, 0.3) is 0 Å². The molecule has 0 aliphatic carbocycles. The second-order valence-corrected chi connectivity index (χ2v) is 3.02. The number of hydrogen-bond donors (Lipinski definition) is 2. The predicted molar refractivity (Wildman–Crippen MR) is 76.3 cm³/mol. The Labute approximate surface area is 103 Å². The summed E-state index contributed by atoms with van der Waals surface area (Å²) in [6.07, 6.45) is 6.71. The van der Waals surface area contributed by atoms with Crippen LogP contribution < -0.4 is 10.6 Å². The summed E-state index contributed by atoms with van der Waals surface area (Å²) in [7, 11) is 1.70. The van der Waals surface area contributed by atoms with Crippen molar-refractivity contribution in [3.05, 3.63) is 48.9 Å². The quantitative estimate of drug-likeness (QED) is 0.221. The molecule has 2 N–H and O–H groups in total. The standard InChI is InChI=1S/C13H20N4/c1-6-12(7-2)13(16-8-3)11(4)17-10-15-9-14-5/h6-9,17H,1-2,4,10H2,3,5H3,(H,14,15). The largest absolute Gasteiger partial charge is 0.367 e. The summed E-state index contributed by atoms with van der Waals surface area (Å²) in [4.78, 5) is 8.06. The Morgan fingerprint density at radius 1 is 1.29 bits per heavy atom. The lowest BCUT2D eigenvalue weighted by atomic mass is 10.1. The topological polar surface area (TPSA) is 48.8 Å². The predicted octanol–water partition coefficient (Wildman–Crippen LogP) is 2.01. The summed E-state index contributed by atoms with van der Waals surface area (Å²) in [5, 5.41) is 6.04. The molecule has 0 spiro atoms. The molecule has 0 aromatic heterocycles. The summed E-state index contributed by atoms with van der Waals surface area (Å²) in [6.45, 7) is 13.7. The second-order valence-electron chi connectivity index (χ2n) is 3.02. The molecule has 17 heavy (non-hydrogen) atoms. The lowest BCUT2D eigenvalue weighted by Crippen LogP contribution is -2.27. The van der Waals surface area contributed by atoms with Crippen LogP contribution in [0.2, 0.25) is 0 Å². The monoisotopic (exact) mass is 232 g/mol. The number of nitrogens with zero attached hydrogens (tertiary/aromatic N) is 2. The first-order chi connectivity index (χ1) is 8.21. The fourth-order valence-electron chi connectivity index (χ4n) is 1.11. The Morgan fingerprint density at radius 3 is 2.41 bits per heavy atom. The Kier molecular flexibility index (Phi) is 8.02. The van der Waals surface area contributed by atoms with E-state index in [9.17, 15) is 0 Å². The third kappa shape index (κ3) is 5.51. The van der Waals surface area contributed by atoms with Gasteiger partial charge in [-0.15, -0.1) is 0 Å². The van der Waals surface area contributed by atoms with Crippen molar-refractivity contribution in [1.82, 2.24) is 10.6 Å². The maximum Gasteiger partial charge on any atom is 0.0923 e. The van der Waals surface area contributed by atoms with Crippen molar-refractivity contribution in [3.8, 4) is 0 Å². The minimum absolute atomic E-state index is 0.528. The van der Waals surface area contributed by atoms with E-state index in [1.807, 2.05) is 6.92 Å². The number of rotatable bonds is 8. The molecule has 0 bridgehead atoms. The van der Waals surface area contributed by atoms with Crippen LogP contribution in [0.3, 0.4) is 0 Å². The Hall–Kier alpha value is -2.10. The van der Waals surface area contributed by atoms with E-state index >= 15 is 0 Å². The minimum atomic E-state index is 0.528. The molecule has 0 aliphatic heterocycles. The molecule has 0 aromatic rings. The van der Waals surface area contributed by atoms with E-state index < -0.39 is 0 Å². The molecule has 0 saturated heterocycles. The van der Waals surface area contributed by atoms with Gasteiger partial charge in [0.25, 0.3) is 0 Å². The molecule has 0 heterocycles. The minimum Gasteiger partial charge on any atom is -0.367 e. The second kappa shape index (κ2) is 9.15. The molecule has 0 aromatic carbocycles. The summed E-state index contributed by atoms with van der Waals surface area (Å²) in [5.41, 5.74) is 2.27. The number of hydrogen-bond acceptors (Lipinski definition) is 3. The average Bonchev–Trinajstić information content (AvgIpc) is 2.34. The van der Waals surface area contributed by atoms with Crippen LogP contribution in [0.5, 0.6) is 0 Å². The van der Waals surface area contributed by atoms with Gasteiger partial charge in [-0.3, -0.25) is 9.98 Å². The average molecular weight is 232 g/mol. The van der Waals surface area contributed by atoms with Gasteiger partial charge in [0.05, 0.1) is 24.4 Å². The van der Waals surface area contributed by atoms with E-state index in [1.54, 1.807) is 31.8 Å². The van der Waals surface area contributed by atoms with E-state index in [4.69, 9.17) is 0 Å². The number of allylic oxidation sites excluding steroid dienone is 3. The van der Waals surface area contributed by atoms with Crippen LogP contribution in [0, 0.1) is 0 Å². The Balaban J connectivity index is 4.72. The highest BCUT2D eigenvalue weighted by molar-refractivity contribution is 5.59. The zero-order chi connectivity index (χ0) is 13.1. The highest BCUT2D eigenvalue weighted by Gasteiger charge is 2.03. The Bertz CT molecular complexity index is 352. The van der Waals surface area contributed by atoms with Crippen LogP contribution in [-0.2, 0) is 0 Å². The molecular formula is C13H20N4. The van der Waals surface area contributed by atoms with Gasteiger partial charge >= 0.3 is 0 Å². The van der Waals surface area contributed by atoms with Crippen molar-refractivity contribution in [3.63, 3.8) is 0 Å². The summed E-state index contributed by atoms with van der Waals surface area (Å²) in [6, 6.07) is 0. The van der Waals surface area contributed by atoms with E-state index in [2.05, 4.69) is 40.4 Å². The number of aliphatic imine (C=N–C) groups is 2. The van der Waals surface area contributed by atoms with Gasteiger partial charge in [0.1, 0.15) is 0 Å². The molecule has 0 radical (unpaired) electrons. The normalized spacial score (nSPS) is 10.2. The van der Waals surface area contributed by atoms with Gasteiger partial charge in [-0.25, -0.2) is 0 Å². The molecule has 4 nitrogen and oxygen atoms in total. The highest BCUT2D eigenvalue weighted by Crippen LogP contribution is 2.14. The third-order valence-electron chi connectivity index (χ3n) is 1.88. The summed E-state index contributed by atoms with van der Waals surface area (Å²) in [5.74, 6) is 0. The van der Waals surface area contributed by atoms with Crippen LogP contribution in [0.4, 0.5) is 0 Å². The first-order valence-electron chi connectivity index (χ1n) is 5.26. The van der Waals surface area contributed by atoms with Crippen LogP contribution in [0.1, 0.15) is 6.92 Å². The summed E-state index contributed by atoms with van der Waals surface area (Å²) >= 11 is 0. The molecule has 0 amide bonds. The first-order valence-corrected chi connectivity index (χ1v) is 5.26. The van der Waals surface area contributed by atoms with Gasteiger partial charge in [-0.05, 0) is 6.92 Å². The fraction of sp³-hybridized carbons (Fsp3) is 0.231. The molecule has 0 fully saturated rings. The van der Waals surface area contributed by atoms with Crippen molar-refractivity contribution >= 4 is 12.6 Å². The highest BCUT2D eigenvalue weighted by atomic mass is 15.1. The molecule has 0 atom stereocenters. The molecule has 4 heteroatoms. The van der Waals surface area contributed by atoms with Gasteiger partial charge in [-0.2, -0.15) is 0 Å².